The van der Waals surface area contributed by atoms with Crippen molar-refractivity contribution in [3.05, 3.63) is 41.6 Å². The fraction of sp³-hybridized carbons (Fsp3) is 0.200. The Morgan fingerprint density at radius 1 is 1.29 bits per heavy atom. The van der Waals surface area contributed by atoms with Crippen LogP contribution in [0.4, 0.5) is 4.39 Å². The summed E-state index contributed by atoms with van der Waals surface area (Å²) in [7, 11) is 0. The molecule has 0 atom stereocenters. The number of halogens is 1. The molecule has 0 N–H and O–H groups in total. The van der Waals surface area contributed by atoms with Gasteiger partial charge in [0.1, 0.15) is 0 Å². The van der Waals surface area contributed by atoms with E-state index in [4.69, 9.17) is 0 Å². The van der Waals surface area contributed by atoms with Crippen molar-refractivity contribution in [1.29, 1.82) is 0 Å². The Morgan fingerprint density at radius 2 is 2.07 bits per heavy atom. The molecule has 0 aliphatic carbocycles. The lowest BCUT2D eigenvalue weighted by Crippen LogP contribution is -1.97. The molecule has 0 saturated carbocycles. The van der Waals surface area contributed by atoms with Crippen molar-refractivity contribution in [2.45, 2.75) is 13.8 Å². The molecule has 2 aromatic heterocycles. The van der Waals surface area contributed by atoms with Crippen molar-refractivity contribution in [2.75, 3.05) is 0 Å². The van der Waals surface area contributed by atoms with Crippen LogP contribution in [0.5, 0.6) is 0 Å². The molecule has 0 aromatic carbocycles. The Kier molecular flexibility index (Phi) is 2.04. The van der Waals surface area contributed by atoms with Gasteiger partial charge in [0.15, 0.2) is 11.6 Å². The van der Waals surface area contributed by atoms with Gasteiger partial charge >= 0.3 is 0 Å². The molecule has 2 heterocycles. The SMILES string of the molecule is Cc1ccc(-n2cc(F)c(C)n2)nc1. The highest BCUT2D eigenvalue weighted by Crippen LogP contribution is 2.08. The lowest BCUT2D eigenvalue weighted by atomic mass is 10.3. The summed E-state index contributed by atoms with van der Waals surface area (Å²) in [6.07, 6.45) is 3.05. The van der Waals surface area contributed by atoms with E-state index >= 15 is 0 Å². The van der Waals surface area contributed by atoms with E-state index in [1.165, 1.54) is 10.9 Å². The second-order valence-corrected chi connectivity index (χ2v) is 3.20. The molecule has 2 aromatic rings. The van der Waals surface area contributed by atoms with Crippen LogP contribution in [0.3, 0.4) is 0 Å². The van der Waals surface area contributed by atoms with Gasteiger partial charge in [-0.05, 0) is 25.5 Å². The smallest absolute Gasteiger partial charge is 0.164 e. The number of hydrogen-bond donors (Lipinski definition) is 0. The van der Waals surface area contributed by atoms with Gasteiger partial charge in [-0.15, -0.1) is 0 Å². The number of pyridine rings is 1. The number of aromatic nitrogens is 3. The molecule has 0 fully saturated rings. The molecule has 3 nitrogen and oxygen atoms in total. The predicted octanol–water partition coefficient (Wildman–Crippen LogP) is 2.02. The third-order valence-corrected chi connectivity index (χ3v) is 1.97. The summed E-state index contributed by atoms with van der Waals surface area (Å²) >= 11 is 0. The van der Waals surface area contributed by atoms with E-state index in [9.17, 15) is 4.39 Å². The van der Waals surface area contributed by atoms with Crippen molar-refractivity contribution >= 4 is 0 Å². The zero-order valence-corrected chi connectivity index (χ0v) is 8.03. The van der Waals surface area contributed by atoms with Gasteiger partial charge in [-0.1, -0.05) is 6.07 Å². The van der Waals surface area contributed by atoms with E-state index in [1.54, 1.807) is 19.2 Å². The number of hydrogen-bond acceptors (Lipinski definition) is 2. The molecule has 4 heteroatoms. The van der Waals surface area contributed by atoms with Crippen molar-refractivity contribution in [3.8, 4) is 5.82 Å². The lowest BCUT2D eigenvalue weighted by Gasteiger charge is -1.99. The van der Waals surface area contributed by atoms with E-state index in [0.29, 0.717) is 11.5 Å². The van der Waals surface area contributed by atoms with Crippen LogP contribution in [-0.2, 0) is 0 Å². The van der Waals surface area contributed by atoms with Crippen molar-refractivity contribution in [1.82, 2.24) is 14.8 Å². The Bertz CT molecular complexity index is 425. The van der Waals surface area contributed by atoms with Crippen LogP contribution in [0.1, 0.15) is 11.3 Å². The first kappa shape index (κ1) is 8.87. The fourth-order valence-corrected chi connectivity index (χ4v) is 1.15. The topological polar surface area (TPSA) is 30.7 Å². The maximum absolute atomic E-state index is 13.0. The van der Waals surface area contributed by atoms with Crippen LogP contribution in [0.2, 0.25) is 0 Å². The molecule has 14 heavy (non-hydrogen) atoms. The monoisotopic (exact) mass is 191 g/mol. The van der Waals surface area contributed by atoms with E-state index in [-0.39, 0.29) is 5.82 Å². The van der Waals surface area contributed by atoms with Crippen LogP contribution < -0.4 is 0 Å². The minimum absolute atomic E-state index is 0.313. The minimum atomic E-state index is -0.313. The molecule has 0 bridgehead atoms. The van der Waals surface area contributed by atoms with E-state index in [2.05, 4.69) is 10.1 Å². The molecule has 0 aliphatic heterocycles. The average molecular weight is 191 g/mol. The second kappa shape index (κ2) is 3.21. The molecule has 0 spiro atoms. The summed E-state index contributed by atoms with van der Waals surface area (Å²) in [5, 5.41) is 3.99. The Balaban J connectivity index is 2.44. The molecule has 0 aliphatic rings. The quantitative estimate of drug-likeness (QED) is 0.690. The van der Waals surface area contributed by atoms with Crippen LogP contribution in [0, 0.1) is 19.7 Å². The third-order valence-electron chi connectivity index (χ3n) is 1.97. The van der Waals surface area contributed by atoms with E-state index in [1.807, 2.05) is 13.0 Å². The molecule has 0 saturated heterocycles. The van der Waals surface area contributed by atoms with Crippen LogP contribution in [-0.4, -0.2) is 14.8 Å². The van der Waals surface area contributed by atoms with Gasteiger partial charge in [0.05, 0.1) is 11.9 Å². The lowest BCUT2D eigenvalue weighted by molar-refractivity contribution is 0.618. The average Bonchev–Trinajstić information content (AvgIpc) is 2.48. The van der Waals surface area contributed by atoms with Crippen LogP contribution >= 0.6 is 0 Å². The Labute approximate surface area is 81.2 Å². The first-order valence-corrected chi connectivity index (χ1v) is 4.31. The Hall–Kier alpha value is -1.71. The maximum Gasteiger partial charge on any atom is 0.164 e. The van der Waals surface area contributed by atoms with Gasteiger partial charge in [-0.2, -0.15) is 5.10 Å². The fourth-order valence-electron chi connectivity index (χ4n) is 1.15. The summed E-state index contributed by atoms with van der Waals surface area (Å²) in [4.78, 5) is 4.14. The van der Waals surface area contributed by atoms with Crippen LogP contribution in [0.25, 0.3) is 5.82 Å². The zero-order chi connectivity index (χ0) is 10.1. The maximum atomic E-state index is 13.0. The van der Waals surface area contributed by atoms with Gasteiger partial charge in [0.25, 0.3) is 0 Å². The van der Waals surface area contributed by atoms with Gasteiger partial charge in [0, 0.05) is 6.20 Å². The largest absolute Gasteiger partial charge is 0.237 e. The standard InChI is InChI=1S/C10H10FN3/c1-7-3-4-10(12-5-7)14-6-9(11)8(2)13-14/h3-6H,1-2H3. The van der Waals surface area contributed by atoms with E-state index < -0.39 is 0 Å². The van der Waals surface area contributed by atoms with Gasteiger partial charge in [-0.3, -0.25) is 0 Å². The summed E-state index contributed by atoms with van der Waals surface area (Å²) < 4.78 is 14.4. The molecular formula is C10H10FN3. The molecular weight excluding hydrogens is 181 g/mol. The molecule has 2 rings (SSSR count). The second-order valence-electron chi connectivity index (χ2n) is 3.20. The van der Waals surface area contributed by atoms with Gasteiger partial charge in [-0.25, -0.2) is 14.1 Å². The van der Waals surface area contributed by atoms with E-state index in [0.717, 1.165) is 5.56 Å². The van der Waals surface area contributed by atoms with Crippen molar-refractivity contribution in [3.63, 3.8) is 0 Å². The molecule has 0 radical (unpaired) electrons. The highest BCUT2D eigenvalue weighted by molar-refractivity contribution is 5.24. The predicted molar refractivity (Wildman–Crippen MR) is 50.8 cm³/mol. The first-order chi connectivity index (χ1) is 6.66. The van der Waals surface area contributed by atoms with Gasteiger partial charge < -0.3 is 0 Å². The Morgan fingerprint density at radius 3 is 2.57 bits per heavy atom. The van der Waals surface area contributed by atoms with Crippen molar-refractivity contribution < 1.29 is 4.39 Å². The summed E-state index contributed by atoms with van der Waals surface area (Å²) in [5.74, 6) is 0.315. The summed E-state index contributed by atoms with van der Waals surface area (Å²) in [6.45, 7) is 3.58. The molecule has 0 unspecified atom stereocenters. The third kappa shape index (κ3) is 1.51. The highest BCUT2D eigenvalue weighted by atomic mass is 19.1. The summed E-state index contributed by atoms with van der Waals surface area (Å²) in [6, 6.07) is 3.72. The van der Waals surface area contributed by atoms with Crippen molar-refractivity contribution in [2.24, 2.45) is 0 Å². The highest BCUT2D eigenvalue weighted by Gasteiger charge is 2.05. The number of aryl methyl sites for hydroxylation is 2. The molecule has 0 amide bonds. The number of rotatable bonds is 1. The minimum Gasteiger partial charge on any atom is -0.237 e. The van der Waals surface area contributed by atoms with Crippen LogP contribution in [0.15, 0.2) is 24.5 Å². The summed E-state index contributed by atoms with van der Waals surface area (Å²) in [5.41, 5.74) is 1.45. The normalized spacial score (nSPS) is 10.5. The zero-order valence-electron chi connectivity index (χ0n) is 8.03. The first-order valence-electron chi connectivity index (χ1n) is 4.31. The number of nitrogens with zero attached hydrogens (tertiary/aromatic N) is 3. The van der Waals surface area contributed by atoms with Gasteiger partial charge in [0.2, 0.25) is 0 Å². The molecule has 72 valence electrons.